The molecule has 1 atom stereocenters. The highest BCUT2D eigenvalue weighted by atomic mass is 32.1. The highest BCUT2D eigenvalue weighted by Crippen LogP contribution is 2.08. The number of nitrogens with zero attached hydrogens (tertiary/aromatic N) is 3. The molecule has 0 fully saturated rings. The second kappa shape index (κ2) is 5.96. The molecule has 1 heterocycles. The second-order valence-electron chi connectivity index (χ2n) is 4.14. The van der Waals surface area contributed by atoms with Gasteiger partial charge in [-0.15, -0.1) is 0 Å². The van der Waals surface area contributed by atoms with Gasteiger partial charge in [0.2, 0.25) is 0 Å². The Kier molecular flexibility index (Phi) is 4.89. The Morgan fingerprint density at radius 2 is 2.38 bits per heavy atom. The standard InChI is InChI=1S/C11H20N4S/c1-4-15-8-10(6-13-15)7-14(3)9(2)5-11(12)16/h6,8-9H,4-5,7H2,1-3H3,(H2,12,16). The van der Waals surface area contributed by atoms with Crippen LogP contribution < -0.4 is 5.73 Å². The van der Waals surface area contributed by atoms with Crippen molar-refractivity contribution in [2.45, 2.75) is 39.4 Å². The fraction of sp³-hybridized carbons (Fsp3) is 0.636. The number of aryl methyl sites for hydroxylation is 1. The zero-order valence-electron chi connectivity index (χ0n) is 10.2. The van der Waals surface area contributed by atoms with E-state index in [9.17, 15) is 0 Å². The first-order chi connectivity index (χ1) is 7.52. The van der Waals surface area contributed by atoms with Gasteiger partial charge in [-0.3, -0.25) is 9.58 Å². The summed E-state index contributed by atoms with van der Waals surface area (Å²) in [4.78, 5) is 2.81. The first-order valence-electron chi connectivity index (χ1n) is 5.52. The van der Waals surface area contributed by atoms with Gasteiger partial charge in [-0.1, -0.05) is 12.2 Å². The van der Waals surface area contributed by atoms with Crippen LogP contribution in [0.4, 0.5) is 0 Å². The zero-order chi connectivity index (χ0) is 12.1. The van der Waals surface area contributed by atoms with E-state index >= 15 is 0 Å². The number of hydrogen-bond acceptors (Lipinski definition) is 3. The van der Waals surface area contributed by atoms with Crippen molar-refractivity contribution in [3.8, 4) is 0 Å². The number of aromatic nitrogens is 2. The highest BCUT2D eigenvalue weighted by molar-refractivity contribution is 7.80. The molecule has 0 radical (unpaired) electrons. The average molecular weight is 240 g/mol. The molecule has 1 unspecified atom stereocenters. The zero-order valence-corrected chi connectivity index (χ0v) is 11.0. The van der Waals surface area contributed by atoms with Crippen LogP contribution in [-0.2, 0) is 13.1 Å². The van der Waals surface area contributed by atoms with Gasteiger partial charge in [-0.25, -0.2) is 0 Å². The molecule has 1 aromatic rings. The monoisotopic (exact) mass is 240 g/mol. The molecule has 0 aliphatic carbocycles. The minimum Gasteiger partial charge on any atom is -0.393 e. The lowest BCUT2D eigenvalue weighted by atomic mass is 10.2. The van der Waals surface area contributed by atoms with Crippen molar-refractivity contribution >= 4 is 17.2 Å². The van der Waals surface area contributed by atoms with Crippen LogP contribution in [0.3, 0.4) is 0 Å². The molecule has 0 saturated heterocycles. The molecule has 90 valence electrons. The lowest BCUT2D eigenvalue weighted by molar-refractivity contribution is 0.255. The molecule has 0 amide bonds. The topological polar surface area (TPSA) is 47.1 Å². The minimum atomic E-state index is 0.363. The Bertz CT molecular complexity index is 348. The maximum atomic E-state index is 5.54. The van der Waals surface area contributed by atoms with Crippen LogP contribution in [0.15, 0.2) is 12.4 Å². The molecule has 2 N–H and O–H groups in total. The molecule has 0 saturated carbocycles. The van der Waals surface area contributed by atoms with Gasteiger partial charge in [-0.05, 0) is 20.9 Å². The van der Waals surface area contributed by atoms with E-state index in [0.29, 0.717) is 11.0 Å². The molecule has 0 aliphatic heterocycles. The molecule has 0 spiro atoms. The third kappa shape index (κ3) is 3.90. The minimum absolute atomic E-state index is 0.363. The van der Waals surface area contributed by atoms with Gasteiger partial charge < -0.3 is 5.73 Å². The maximum absolute atomic E-state index is 5.54. The summed E-state index contributed by atoms with van der Waals surface area (Å²) in [6, 6.07) is 0.363. The average Bonchev–Trinajstić information content (AvgIpc) is 2.64. The fourth-order valence-electron chi connectivity index (χ4n) is 1.55. The first kappa shape index (κ1) is 13.1. The third-order valence-electron chi connectivity index (χ3n) is 2.69. The number of rotatable bonds is 6. The summed E-state index contributed by atoms with van der Waals surface area (Å²) in [6.45, 7) is 6.00. The Morgan fingerprint density at radius 3 is 2.88 bits per heavy atom. The van der Waals surface area contributed by atoms with Gasteiger partial charge in [0.1, 0.15) is 0 Å². The Hall–Kier alpha value is -0.940. The van der Waals surface area contributed by atoms with E-state index in [1.54, 1.807) is 0 Å². The lowest BCUT2D eigenvalue weighted by Crippen LogP contribution is -2.32. The number of hydrogen-bond donors (Lipinski definition) is 1. The van der Waals surface area contributed by atoms with Crippen molar-refractivity contribution in [3.05, 3.63) is 18.0 Å². The van der Waals surface area contributed by atoms with Crippen LogP contribution in [0, 0.1) is 0 Å². The summed E-state index contributed by atoms with van der Waals surface area (Å²) >= 11 is 4.91. The Morgan fingerprint density at radius 1 is 1.69 bits per heavy atom. The van der Waals surface area contributed by atoms with Gasteiger partial charge in [0.05, 0.1) is 11.2 Å². The molecule has 1 rings (SSSR count). The van der Waals surface area contributed by atoms with E-state index in [1.165, 1.54) is 5.56 Å². The van der Waals surface area contributed by atoms with Crippen LogP contribution in [0.5, 0.6) is 0 Å². The van der Waals surface area contributed by atoms with E-state index in [1.807, 2.05) is 10.9 Å². The smallest absolute Gasteiger partial charge is 0.0742 e. The maximum Gasteiger partial charge on any atom is 0.0742 e. The Balaban J connectivity index is 2.49. The van der Waals surface area contributed by atoms with Crippen molar-refractivity contribution < 1.29 is 0 Å². The fourth-order valence-corrected chi connectivity index (χ4v) is 1.79. The van der Waals surface area contributed by atoms with Crippen LogP contribution in [-0.4, -0.2) is 32.8 Å². The molecule has 0 bridgehead atoms. The summed E-state index contributed by atoms with van der Waals surface area (Å²) < 4.78 is 1.93. The van der Waals surface area contributed by atoms with Crippen molar-refractivity contribution in [2.75, 3.05) is 7.05 Å². The van der Waals surface area contributed by atoms with E-state index < -0.39 is 0 Å². The van der Waals surface area contributed by atoms with Gasteiger partial charge in [0.25, 0.3) is 0 Å². The van der Waals surface area contributed by atoms with Gasteiger partial charge in [0.15, 0.2) is 0 Å². The third-order valence-corrected chi connectivity index (χ3v) is 2.86. The normalized spacial score (nSPS) is 13.0. The summed E-state index contributed by atoms with van der Waals surface area (Å²) in [5, 5.41) is 4.25. The summed E-state index contributed by atoms with van der Waals surface area (Å²) in [5.41, 5.74) is 6.76. The molecular formula is C11H20N4S. The second-order valence-corrected chi connectivity index (χ2v) is 4.66. The van der Waals surface area contributed by atoms with E-state index in [4.69, 9.17) is 18.0 Å². The van der Waals surface area contributed by atoms with E-state index in [2.05, 4.69) is 37.1 Å². The SMILES string of the molecule is CCn1cc(CN(C)C(C)CC(N)=S)cn1. The van der Waals surface area contributed by atoms with E-state index in [0.717, 1.165) is 19.5 Å². The van der Waals surface area contributed by atoms with Crippen molar-refractivity contribution in [1.82, 2.24) is 14.7 Å². The summed E-state index contributed by atoms with van der Waals surface area (Å²) in [6.07, 6.45) is 4.74. The molecule has 5 heteroatoms. The van der Waals surface area contributed by atoms with Gasteiger partial charge >= 0.3 is 0 Å². The van der Waals surface area contributed by atoms with Crippen LogP contribution in [0.1, 0.15) is 25.8 Å². The van der Waals surface area contributed by atoms with Crippen LogP contribution in [0.25, 0.3) is 0 Å². The van der Waals surface area contributed by atoms with Crippen LogP contribution >= 0.6 is 12.2 Å². The van der Waals surface area contributed by atoms with Crippen molar-refractivity contribution in [2.24, 2.45) is 5.73 Å². The predicted octanol–water partition coefficient (Wildman–Crippen LogP) is 1.40. The van der Waals surface area contributed by atoms with Crippen molar-refractivity contribution in [1.29, 1.82) is 0 Å². The van der Waals surface area contributed by atoms with Gasteiger partial charge in [0, 0.05) is 37.3 Å². The largest absolute Gasteiger partial charge is 0.393 e. The van der Waals surface area contributed by atoms with E-state index in [-0.39, 0.29) is 0 Å². The molecule has 16 heavy (non-hydrogen) atoms. The van der Waals surface area contributed by atoms with Crippen molar-refractivity contribution in [3.63, 3.8) is 0 Å². The summed E-state index contributed by atoms with van der Waals surface area (Å²) in [5.74, 6) is 0. The Labute approximate surface area is 102 Å². The molecule has 1 aromatic heterocycles. The number of thiocarbonyl (C=S) groups is 1. The molecule has 0 aromatic carbocycles. The first-order valence-corrected chi connectivity index (χ1v) is 5.93. The van der Waals surface area contributed by atoms with Gasteiger partial charge in [-0.2, -0.15) is 5.10 Å². The quantitative estimate of drug-likeness (QED) is 0.764. The molecular weight excluding hydrogens is 220 g/mol. The molecule has 4 nitrogen and oxygen atoms in total. The summed E-state index contributed by atoms with van der Waals surface area (Å²) in [7, 11) is 2.08. The molecule has 0 aliphatic rings. The number of nitrogens with two attached hydrogens (primary N) is 1. The highest BCUT2D eigenvalue weighted by Gasteiger charge is 2.11. The predicted molar refractivity (Wildman–Crippen MR) is 70.2 cm³/mol. The van der Waals surface area contributed by atoms with Crippen LogP contribution in [0.2, 0.25) is 0 Å². The lowest BCUT2D eigenvalue weighted by Gasteiger charge is -2.23.